The van der Waals surface area contributed by atoms with Crippen LogP contribution in [0.15, 0.2) is 0 Å². The zero-order chi connectivity index (χ0) is 10.0. The van der Waals surface area contributed by atoms with Gasteiger partial charge in [-0.15, -0.1) is 0 Å². The number of hydrogen-bond donors (Lipinski definition) is 1. The summed E-state index contributed by atoms with van der Waals surface area (Å²) < 4.78 is 4.55. The number of amides is 2. The molecule has 2 N–H and O–H groups in total. The lowest BCUT2D eigenvalue weighted by atomic mass is 9.98. The van der Waals surface area contributed by atoms with Crippen LogP contribution >= 0.6 is 0 Å². The second-order valence-electron chi connectivity index (χ2n) is 3.36. The van der Waals surface area contributed by atoms with Crippen molar-refractivity contribution in [2.24, 2.45) is 17.6 Å². The van der Waals surface area contributed by atoms with Gasteiger partial charge >= 0.3 is 6.09 Å². The van der Waals surface area contributed by atoms with Crippen LogP contribution in [0.2, 0.25) is 0 Å². The standard InChI is InChI=1S/C8H14N2O3/c1-5-3-10(8(12)13-2)4-6(5)7(9)11/h5-6H,3-4H2,1-2H3,(H2,9,11)/t5-,6-/m1/s1. The summed E-state index contributed by atoms with van der Waals surface area (Å²) in [5.41, 5.74) is 5.17. The Labute approximate surface area is 76.8 Å². The minimum absolute atomic E-state index is 0.122. The third kappa shape index (κ3) is 1.91. The van der Waals surface area contributed by atoms with Crippen molar-refractivity contribution in [2.45, 2.75) is 6.92 Å². The van der Waals surface area contributed by atoms with Gasteiger partial charge in [0.2, 0.25) is 5.91 Å². The minimum Gasteiger partial charge on any atom is -0.453 e. The topological polar surface area (TPSA) is 72.6 Å². The van der Waals surface area contributed by atoms with E-state index >= 15 is 0 Å². The van der Waals surface area contributed by atoms with Crippen LogP contribution in [-0.4, -0.2) is 37.1 Å². The highest BCUT2D eigenvalue weighted by molar-refractivity contribution is 5.79. The fraction of sp³-hybridized carbons (Fsp3) is 0.750. The van der Waals surface area contributed by atoms with Gasteiger partial charge in [0.05, 0.1) is 13.0 Å². The molecule has 5 nitrogen and oxygen atoms in total. The molecule has 74 valence electrons. The second kappa shape index (κ2) is 3.64. The van der Waals surface area contributed by atoms with E-state index in [9.17, 15) is 9.59 Å². The quantitative estimate of drug-likeness (QED) is 0.616. The maximum absolute atomic E-state index is 11.1. The van der Waals surface area contributed by atoms with Gasteiger partial charge in [0, 0.05) is 13.1 Å². The first-order chi connectivity index (χ1) is 6.06. The number of carbonyl (C=O) groups excluding carboxylic acids is 2. The van der Waals surface area contributed by atoms with E-state index in [4.69, 9.17) is 5.73 Å². The Morgan fingerprint density at radius 2 is 2.08 bits per heavy atom. The summed E-state index contributed by atoms with van der Waals surface area (Å²) in [6.45, 7) is 2.82. The molecular weight excluding hydrogens is 172 g/mol. The highest BCUT2D eigenvalue weighted by Gasteiger charge is 2.36. The van der Waals surface area contributed by atoms with Gasteiger partial charge in [-0.2, -0.15) is 0 Å². The Bertz CT molecular complexity index is 229. The lowest BCUT2D eigenvalue weighted by Gasteiger charge is -2.13. The number of nitrogens with two attached hydrogens (primary N) is 1. The smallest absolute Gasteiger partial charge is 0.409 e. The second-order valence-corrected chi connectivity index (χ2v) is 3.36. The van der Waals surface area contributed by atoms with E-state index < -0.39 is 6.09 Å². The lowest BCUT2D eigenvalue weighted by Crippen LogP contribution is -2.31. The molecule has 5 heteroatoms. The molecule has 1 fully saturated rings. The summed E-state index contributed by atoms with van der Waals surface area (Å²) in [4.78, 5) is 23.5. The first-order valence-electron chi connectivity index (χ1n) is 4.18. The van der Waals surface area contributed by atoms with Crippen LogP contribution < -0.4 is 5.73 Å². The molecule has 0 radical (unpaired) electrons. The predicted molar refractivity (Wildman–Crippen MR) is 45.8 cm³/mol. The molecule has 1 rings (SSSR count). The Kier molecular flexibility index (Phi) is 2.75. The zero-order valence-corrected chi connectivity index (χ0v) is 7.82. The van der Waals surface area contributed by atoms with Crippen LogP contribution in [0.1, 0.15) is 6.92 Å². The van der Waals surface area contributed by atoms with Gasteiger partial charge in [0.1, 0.15) is 0 Å². The SMILES string of the molecule is COC(=O)N1C[C@@H](C)[C@H](C(N)=O)C1. The van der Waals surface area contributed by atoms with Crippen LogP contribution in [0, 0.1) is 11.8 Å². The van der Waals surface area contributed by atoms with Crippen molar-refractivity contribution in [3.05, 3.63) is 0 Å². The fourth-order valence-corrected chi connectivity index (χ4v) is 1.62. The summed E-state index contributed by atoms with van der Waals surface area (Å²) in [7, 11) is 1.32. The predicted octanol–water partition coefficient (Wildman–Crippen LogP) is -0.194. The van der Waals surface area contributed by atoms with Gasteiger partial charge in [-0.1, -0.05) is 6.92 Å². The summed E-state index contributed by atoms with van der Waals surface area (Å²) in [6, 6.07) is 0. The van der Waals surface area contributed by atoms with Crippen molar-refractivity contribution in [1.82, 2.24) is 4.90 Å². The molecule has 0 spiro atoms. The fourth-order valence-electron chi connectivity index (χ4n) is 1.62. The zero-order valence-electron chi connectivity index (χ0n) is 7.82. The lowest BCUT2D eigenvalue weighted by molar-refractivity contribution is -0.122. The molecule has 1 aliphatic heterocycles. The maximum Gasteiger partial charge on any atom is 0.409 e. The van der Waals surface area contributed by atoms with E-state index in [0.29, 0.717) is 13.1 Å². The Hall–Kier alpha value is -1.26. The Morgan fingerprint density at radius 1 is 1.46 bits per heavy atom. The van der Waals surface area contributed by atoms with E-state index in [1.165, 1.54) is 12.0 Å². The van der Waals surface area contributed by atoms with Gasteiger partial charge < -0.3 is 15.4 Å². The molecule has 0 aromatic rings. The van der Waals surface area contributed by atoms with Crippen LogP contribution in [0.4, 0.5) is 4.79 Å². The van der Waals surface area contributed by atoms with Gasteiger partial charge in [-0.25, -0.2) is 4.79 Å². The number of primary amides is 1. The highest BCUT2D eigenvalue weighted by atomic mass is 16.5. The number of rotatable bonds is 1. The molecule has 2 atom stereocenters. The normalized spacial score (nSPS) is 27.4. The average Bonchev–Trinajstić information content (AvgIpc) is 2.46. The summed E-state index contributed by atoms with van der Waals surface area (Å²) in [5, 5.41) is 0. The Morgan fingerprint density at radius 3 is 2.46 bits per heavy atom. The molecule has 1 saturated heterocycles. The van der Waals surface area contributed by atoms with Crippen LogP contribution in [0.5, 0.6) is 0 Å². The molecule has 0 bridgehead atoms. The summed E-state index contributed by atoms with van der Waals surface area (Å²) in [6.07, 6.45) is -0.393. The molecule has 1 heterocycles. The molecule has 0 saturated carbocycles. The van der Waals surface area contributed by atoms with Gasteiger partial charge in [0.25, 0.3) is 0 Å². The van der Waals surface area contributed by atoms with Crippen molar-refractivity contribution in [3.63, 3.8) is 0 Å². The van der Waals surface area contributed by atoms with Crippen LogP contribution in [-0.2, 0) is 9.53 Å². The first-order valence-corrected chi connectivity index (χ1v) is 4.18. The molecule has 0 aliphatic carbocycles. The highest BCUT2D eigenvalue weighted by Crippen LogP contribution is 2.22. The number of nitrogens with zero attached hydrogens (tertiary/aromatic N) is 1. The number of hydrogen-bond acceptors (Lipinski definition) is 3. The third-order valence-electron chi connectivity index (χ3n) is 2.41. The summed E-state index contributed by atoms with van der Waals surface area (Å²) >= 11 is 0. The van der Waals surface area contributed by atoms with E-state index in [1.54, 1.807) is 0 Å². The van der Waals surface area contributed by atoms with E-state index in [0.717, 1.165) is 0 Å². The monoisotopic (exact) mass is 186 g/mol. The molecule has 0 unspecified atom stereocenters. The van der Waals surface area contributed by atoms with Crippen molar-refractivity contribution >= 4 is 12.0 Å². The maximum atomic E-state index is 11.1. The molecule has 2 amide bonds. The van der Waals surface area contributed by atoms with Crippen molar-refractivity contribution in [2.75, 3.05) is 20.2 Å². The van der Waals surface area contributed by atoms with E-state index in [1.807, 2.05) is 6.92 Å². The van der Waals surface area contributed by atoms with E-state index in [-0.39, 0.29) is 17.7 Å². The number of likely N-dealkylation sites (tertiary alicyclic amines) is 1. The van der Waals surface area contributed by atoms with Gasteiger partial charge in [0.15, 0.2) is 0 Å². The first kappa shape index (κ1) is 9.83. The van der Waals surface area contributed by atoms with Crippen molar-refractivity contribution in [1.29, 1.82) is 0 Å². The van der Waals surface area contributed by atoms with Crippen molar-refractivity contribution < 1.29 is 14.3 Å². The molecule has 0 aromatic carbocycles. The number of methoxy groups -OCH3 is 1. The number of ether oxygens (including phenoxy) is 1. The molecule has 0 aromatic heterocycles. The van der Waals surface area contributed by atoms with Gasteiger partial charge in [-0.05, 0) is 5.92 Å². The molecule has 1 aliphatic rings. The summed E-state index contributed by atoms with van der Waals surface area (Å²) in [5.74, 6) is -0.463. The minimum atomic E-state index is -0.393. The number of carbonyl (C=O) groups is 2. The van der Waals surface area contributed by atoms with E-state index in [2.05, 4.69) is 4.74 Å². The van der Waals surface area contributed by atoms with Crippen LogP contribution in [0.25, 0.3) is 0 Å². The van der Waals surface area contributed by atoms with Crippen LogP contribution in [0.3, 0.4) is 0 Å². The van der Waals surface area contributed by atoms with Gasteiger partial charge in [-0.3, -0.25) is 4.79 Å². The van der Waals surface area contributed by atoms with Crippen molar-refractivity contribution in [3.8, 4) is 0 Å². The third-order valence-corrected chi connectivity index (χ3v) is 2.41. The molecule has 13 heavy (non-hydrogen) atoms. The Balaban J connectivity index is 2.59. The molecular formula is C8H14N2O3. The largest absolute Gasteiger partial charge is 0.453 e. The average molecular weight is 186 g/mol.